The number of rotatable bonds is 7. The van der Waals surface area contributed by atoms with Gasteiger partial charge in [0.25, 0.3) is 0 Å². The molecule has 0 spiro atoms. The quantitative estimate of drug-likeness (QED) is 0.278. The summed E-state index contributed by atoms with van der Waals surface area (Å²) in [6.07, 6.45) is 4.87. The summed E-state index contributed by atoms with van der Waals surface area (Å²) >= 11 is 0. The Morgan fingerprint density at radius 1 is 0.914 bits per heavy atom. The lowest BCUT2D eigenvalue weighted by Crippen LogP contribution is -2.41. The van der Waals surface area contributed by atoms with Gasteiger partial charge in [-0.15, -0.1) is 0 Å². The van der Waals surface area contributed by atoms with Gasteiger partial charge in [-0.2, -0.15) is 4.57 Å². The lowest BCUT2D eigenvalue weighted by atomic mass is 9.89. The van der Waals surface area contributed by atoms with E-state index in [-0.39, 0.29) is 6.79 Å². The molecular formula is C29H28NO5+. The van der Waals surface area contributed by atoms with Gasteiger partial charge in [0.15, 0.2) is 35.7 Å². The van der Waals surface area contributed by atoms with Gasteiger partial charge in [-0.3, -0.25) is 0 Å². The Labute approximate surface area is 204 Å². The fourth-order valence-corrected chi connectivity index (χ4v) is 5.22. The first-order chi connectivity index (χ1) is 17.3. The van der Waals surface area contributed by atoms with Crippen LogP contribution in [0.4, 0.5) is 0 Å². The van der Waals surface area contributed by atoms with E-state index < -0.39 is 0 Å². The highest BCUT2D eigenvalue weighted by Gasteiger charge is 2.32. The maximum Gasteiger partial charge on any atom is 0.231 e. The van der Waals surface area contributed by atoms with Crippen molar-refractivity contribution in [2.75, 3.05) is 27.6 Å². The Kier molecular flexibility index (Phi) is 5.57. The molecular weight excluding hydrogens is 442 g/mol. The number of hydrogen-bond acceptors (Lipinski definition) is 5. The zero-order valence-corrected chi connectivity index (χ0v) is 20.0. The summed E-state index contributed by atoms with van der Waals surface area (Å²) in [5, 5.41) is 2.22. The molecule has 6 nitrogen and oxygen atoms in total. The number of para-hydroxylation sites is 1. The molecule has 2 aliphatic rings. The van der Waals surface area contributed by atoms with Crippen LogP contribution in [0.25, 0.3) is 22.0 Å². The van der Waals surface area contributed by atoms with Gasteiger partial charge >= 0.3 is 0 Å². The summed E-state index contributed by atoms with van der Waals surface area (Å²) in [5.74, 6) is 4.04. The van der Waals surface area contributed by atoms with Gasteiger partial charge in [0.2, 0.25) is 12.5 Å². The van der Waals surface area contributed by atoms with Crippen molar-refractivity contribution in [2.24, 2.45) is 0 Å². The predicted octanol–water partition coefficient (Wildman–Crippen LogP) is 5.11. The van der Waals surface area contributed by atoms with Crippen LogP contribution in [0.1, 0.15) is 17.5 Å². The third kappa shape index (κ3) is 3.79. The Balaban J connectivity index is 1.46. The summed E-state index contributed by atoms with van der Waals surface area (Å²) in [4.78, 5) is 0. The van der Waals surface area contributed by atoms with Gasteiger partial charge in [-0.1, -0.05) is 18.2 Å². The van der Waals surface area contributed by atoms with Crippen LogP contribution >= 0.6 is 0 Å². The summed E-state index contributed by atoms with van der Waals surface area (Å²) in [5.41, 5.74) is 5.00. The molecule has 0 saturated heterocycles. The number of ether oxygens (including phenoxy) is 5. The van der Waals surface area contributed by atoms with Crippen LogP contribution in [0.3, 0.4) is 0 Å². The first kappa shape index (κ1) is 21.6. The highest BCUT2D eigenvalue weighted by molar-refractivity contribution is 5.95. The van der Waals surface area contributed by atoms with Crippen LogP contribution < -0.4 is 28.3 Å². The van der Waals surface area contributed by atoms with Crippen LogP contribution in [0.2, 0.25) is 0 Å². The fraction of sp³-hybridized carbons (Fsp3) is 0.276. The number of methoxy groups -OCH3 is 2. The van der Waals surface area contributed by atoms with Crippen LogP contribution in [-0.2, 0) is 19.4 Å². The summed E-state index contributed by atoms with van der Waals surface area (Å²) in [7, 11) is 3.38. The van der Waals surface area contributed by atoms with E-state index in [9.17, 15) is 0 Å². The molecule has 0 fully saturated rings. The molecule has 0 amide bonds. The van der Waals surface area contributed by atoms with Gasteiger partial charge in [0, 0.05) is 17.4 Å². The maximum atomic E-state index is 6.01. The Hall–Kier alpha value is -3.93. The minimum atomic E-state index is 0.274. The monoisotopic (exact) mass is 470 g/mol. The Bertz CT molecular complexity index is 1400. The molecule has 4 aromatic rings. The maximum absolute atomic E-state index is 6.01. The molecule has 1 aromatic heterocycles. The number of hydrogen-bond donors (Lipinski definition) is 0. The number of aromatic nitrogens is 1. The highest BCUT2D eigenvalue weighted by Crippen LogP contribution is 2.43. The molecule has 6 heteroatoms. The van der Waals surface area contributed by atoms with Gasteiger partial charge in [-0.25, -0.2) is 0 Å². The second-order valence-corrected chi connectivity index (χ2v) is 8.79. The smallest absolute Gasteiger partial charge is 0.231 e. The first-order valence-corrected chi connectivity index (χ1v) is 12.0. The highest BCUT2D eigenvalue weighted by atomic mass is 16.7. The van der Waals surface area contributed by atoms with Crippen molar-refractivity contribution >= 4 is 10.8 Å². The number of nitrogens with zero attached hydrogens (tertiary/aromatic N) is 1. The third-order valence-corrected chi connectivity index (χ3v) is 6.83. The lowest BCUT2D eigenvalue weighted by Gasteiger charge is -2.21. The molecule has 6 rings (SSSR count). The van der Waals surface area contributed by atoms with Crippen LogP contribution in [0.5, 0.6) is 28.7 Å². The van der Waals surface area contributed by atoms with E-state index in [1.165, 1.54) is 27.8 Å². The standard InChI is InChI=1S/C29H28NO5/c1-31-25-11-10-21-22(9-6-14-33-20-7-4-3-5-8-20)28-23-16-27-26(34-18-35-27)15-19(23)12-13-30(28)17-24(21)29(25)32-2/h3-5,7-8,10-11,15-17H,6,9,12-14,18H2,1-2H3/q+1. The third-order valence-electron chi connectivity index (χ3n) is 6.83. The molecule has 0 saturated carbocycles. The van der Waals surface area contributed by atoms with Crippen LogP contribution in [-0.4, -0.2) is 27.6 Å². The molecule has 0 N–H and O–H groups in total. The average molecular weight is 471 g/mol. The van der Waals surface area contributed by atoms with Crippen LogP contribution in [0.15, 0.2) is 60.8 Å². The van der Waals surface area contributed by atoms with Gasteiger partial charge in [0.1, 0.15) is 5.75 Å². The zero-order chi connectivity index (χ0) is 23.8. The predicted molar refractivity (Wildman–Crippen MR) is 133 cm³/mol. The summed E-state index contributed by atoms with van der Waals surface area (Å²) in [6, 6.07) is 18.4. The SMILES string of the molecule is COc1ccc2c(CCCOc3ccccc3)c3[n+](cc2c1OC)CCc1cc2c(cc1-3)OCO2. The molecule has 2 aliphatic heterocycles. The average Bonchev–Trinajstić information content (AvgIpc) is 3.36. The van der Waals surface area contributed by atoms with Gasteiger partial charge in [-0.05, 0) is 54.8 Å². The van der Waals surface area contributed by atoms with Crippen LogP contribution in [0, 0.1) is 0 Å². The van der Waals surface area contributed by atoms with Gasteiger partial charge < -0.3 is 23.7 Å². The molecule has 178 valence electrons. The lowest BCUT2D eigenvalue weighted by molar-refractivity contribution is -0.686. The molecule has 3 aromatic carbocycles. The Morgan fingerprint density at radius 2 is 1.74 bits per heavy atom. The van der Waals surface area contributed by atoms with E-state index in [0.717, 1.165) is 59.9 Å². The van der Waals surface area contributed by atoms with Crippen molar-refractivity contribution in [3.05, 3.63) is 71.9 Å². The van der Waals surface area contributed by atoms with Crippen molar-refractivity contribution in [3.63, 3.8) is 0 Å². The topological polar surface area (TPSA) is 50.0 Å². The molecule has 0 bridgehead atoms. The van der Waals surface area contributed by atoms with E-state index in [2.05, 4.69) is 29.0 Å². The normalized spacial score (nSPS) is 13.3. The molecule has 0 radical (unpaired) electrons. The number of fused-ring (bicyclic) bond motifs is 5. The first-order valence-electron chi connectivity index (χ1n) is 12.0. The second-order valence-electron chi connectivity index (χ2n) is 8.79. The van der Waals surface area contributed by atoms with Gasteiger partial charge in [0.05, 0.1) is 31.8 Å². The molecule has 0 unspecified atom stereocenters. The second kappa shape index (κ2) is 9.02. The number of pyridine rings is 1. The van der Waals surface area contributed by atoms with Crippen molar-refractivity contribution in [2.45, 2.75) is 25.8 Å². The molecule has 0 atom stereocenters. The van der Waals surface area contributed by atoms with E-state index >= 15 is 0 Å². The number of benzene rings is 3. The largest absolute Gasteiger partial charge is 0.494 e. The molecule has 35 heavy (non-hydrogen) atoms. The summed E-state index contributed by atoms with van der Waals surface area (Å²) < 4.78 is 31.2. The zero-order valence-electron chi connectivity index (χ0n) is 20.0. The molecule has 3 heterocycles. The van der Waals surface area contributed by atoms with E-state index in [1.54, 1.807) is 14.2 Å². The molecule has 0 aliphatic carbocycles. The van der Waals surface area contributed by atoms with Crippen molar-refractivity contribution in [1.29, 1.82) is 0 Å². The van der Waals surface area contributed by atoms with E-state index in [4.69, 9.17) is 23.7 Å². The minimum absolute atomic E-state index is 0.274. The summed E-state index contributed by atoms with van der Waals surface area (Å²) in [6.45, 7) is 1.80. The minimum Gasteiger partial charge on any atom is -0.494 e. The number of aryl methyl sites for hydroxylation is 3. The fourth-order valence-electron chi connectivity index (χ4n) is 5.22. The van der Waals surface area contributed by atoms with E-state index in [0.29, 0.717) is 6.61 Å². The van der Waals surface area contributed by atoms with Crippen molar-refractivity contribution < 1.29 is 28.3 Å². The van der Waals surface area contributed by atoms with Crippen molar-refractivity contribution in [3.8, 4) is 40.0 Å². The Morgan fingerprint density at radius 3 is 2.54 bits per heavy atom. The van der Waals surface area contributed by atoms with E-state index in [1.807, 2.05) is 36.4 Å². The van der Waals surface area contributed by atoms with Crippen molar-refractivity contribution in [1.82, 2.24) is 0 Å².